The molecule has 4 rings (SSSR count). The fourth-order valence-corrected chi connectivity index (χ4v) is 3.46. The number of benzene rings is 2. The van der Waals surface area contributed by atoms with E-state index in [1.54, 1.807) is 7.11 Å². The molecule has 1 N–H and O–H groups in total. The van der Waals surface area contributed by atoms with Crippen LogP contribution in [-0.4, -0.2) is 28.5 Å². The van der Waals surface area contributed by atoms with Crippen LogP contribution < -0.4 is 14.8 Å². The number of ether oxygens (including phenoxy) is 2. The van der Waals surface area contributed by atoms with E-state index in [9.17, 15) is 0 Å². The van der Waals surface area contributed by atoms with Crippen molar-refractivity contribution in [2.75, 3.05) is 18.7 Å². The van der Waals surface area contributed by atoms with Gasteiger partial charge in [-0.1, -0.05) is 45.9 Å². The van der Waals surface area contributed by atoms with Crippen molar-refractivity contribution < 1.29 is 9.47 Å². The minimum Gasteiger partial charge on any atom is -0.496 e. The van der Waals surface area contributed by atoms with Crippen molar-refractivity contribution in [2.24, 2.45) is 0 Å². The highest BCUT2D eigenvalue weighted by molar-refractivity contribution is 9.10. The molecule has 2 aromatic carbocycles. The molecule has 1 atom stereocenters. The Morgan fingerprint density at radius 3 is 2.85 bits per heavy atom. The van der Waals surface area contributed by atoms with Crippen LogP contribution in [0, 0.1) is 0 Å². The zero-order valence-electron chi connectivity index (χ0n) is 14.1. The van der Waals surface area contributed by atoms with Gasteiger partial charge >= 0.3 is 0 Å². The van der Waals surface area contributed by atoms with E-state index in [1.807, 2.05) is 48.7 Å². The molecule has 0 saturated heterocycles. The molecule has 1 aliphatic rings. The summed E-state index contributed by atoms with van der Waals surface area (Å²) in [6.07, 6.45) is 1.41. The Kier molecular flexibility index (Phi) is 4.69. The summed E-state index contributed by atoms with van der Waals surface area (Å²) in [5.74, 6) is 1.16. The molecule has 1 aliphatic heterocycles. The third kappa shape index (κ3) is 3.10. The van der Waals surface area contributed by atoms with Crippen LogP contribution in [-0.2, 0) is 0 Å². The van der Waals surface area contributed by atoms with Gasteiger partial charge in [0.05, 0.1) is 12.7 Å². The van der Waals surface area contributed by atoms with Crippen LogP contribution in [0.25, 0.3) is 11.3 Å². The number of rotatable bonds is 3. The first kappa shape index (κ1) is 17.1. The number of hydrogen-bond donors (Lipinski definition) is 1. The highest BCUT2D eigenvalue weighted by Crippen LogP contribution is 2.41. The van der Waals surface area contributed by atoms with Crippen LogP contribution in [0.5, 0.6) is 11.6 Å². The van der Waals surface area contributed by atoms with E-state index >= 15 is 0 Å². The Labute approximate surface area is 163 Å². The fourth-order valence-electron chi connectivity index (χ4n) is 2.78. The molecule has 26 heavy (non-hydrogen) atoms. The standard InChI is InChI=1S/C18H15BrN4O2S/c1-24-14-8-7-10(19)9-12(14)16-20-13-6-4-3-5-11(13)15-17(25-16)21-18(26-2)23-22-15/h3-9,16,20H,1-2H3. The maximum atomic E-state index is 6.23. The maximum absolute atomic E-state index is 6.23. The zero-order chi connectivity index (χ0) is 18.1. The Morgan fingerprint density at radius 1 is 1.19 bits per heavy atom. The molecular weight excluding hydrogens is 416 g/mol. The number of thioether (sulfide) groups is 1. The predicted octanol–water partition coefficient (Wildman–Crippen LogP) is 4.53. The topological polar surface area (TPSA) is 69.2 Å². The molecule has 132 valence electrons. The molecule has 0 saturated carbocycles. The normalized spacial score (nSPS) is 15.1. The largest absolute Gasteiger partial charge is 0.496 e. The van der Waals surface area contributed by atoms with Gasteiger partial charge in [-0.25, -0.2) is 0 Å². The Bertz CT molecular complexity index is 970. The number of methoxy groups -OCH3 is 1. The SMILES string of the molecule is COc1ccc(Br)cc1C1Nc2ccccc2-c2nnc(SC)nc2O1. The number of hydrogen-bond acceptors (Lipinski definition) is 7. The molecule has 0 bridgehead atoms. The number of aromatic nitrogens is 3. The average molecular weight is 431 g/mol. The number of para-hydroxylation sites is 1. The Balaban J connectivity index is 1.89. The average Bonchev–Trinajstić information content (AvgIpc) is 2.84. The minimum atomic E-state index is -0.490. The van der Waals surface area contributed by atoms with Crippen molar-refractivity contribution in [1.29, 1.82) is 0 Å². The smallest absolute Gasteiger partial charge is 0.247 e. The van der Waals surface area contributed by atoms with E-state index in [2.05, 4.69) is 36.4 Å². The van der Waals surface area contributed by atoms with Crippen molar-refractivity contribution in [3.05, 3.63) is 52.5 Å². The summed E-state index contributed by atoms with van der Waals surface area (Å²) in [6, 6.07) is 13.7. The second-order valence-corrected chi connectivity index (χ2v) is 7.22. The van der Waals surface area contributed by atoms with Crippen molar-refractivity contribution in [3.63, 3.8) is 0 Å². The number of nitrogens with zero attached hydrogens (tertiary/aromatic N) is 3. The van der Waals surface area contributed by atoms with E-state index in [0.29, 0.717) is 16.7 Å². The van der Waals surface area contributed by atoms with Crippen LogP contribution in [0.2, 0.25) is 0 Å². The van der Waals surface area contributed by atoms with E-state index in [1.165, 1.54) is 11.8 Å². The first-order chi connectivity index (χ1) is 12.7. The molecule has 1 aromatic heterocycles. The highest BCUT2D eigenvalue weighted by atomic mass is 79.9. The van der Waals surface area contributed by atoms with Gasteiger partial charge in [-0.3, -0.25) is 0 Å². The highest BCUT2D eigenvalue weighted by Gasteiger charge is 2.27. The van der Waals surface area contributed by atoms with Gasteiger partial charge < -0.3 is 14.8 Å². The summed E-state index contributed by atoms with van der Waals surface area (Å²) in [5.41, 5.74) is 3.26. The van der Waals surface area contributed by atoms with Crippen LogP contribution >= 0.6 is 27.7 Å². The molecule has 0 fully saturated rings. The van der Waals surface area contributed by atoms with Crippen molar-refractivity contribution in [3.8, 4) is 22.9 Å². The van der Waals surface area contributed by atoms with Gasteiger partial charge in [0.2, 0.25) is 17.3 Å². The number of nitrogens with one attached hydrogen (secondary N) is 1. The van der Waals surface area contributed by atoms with E-state index in [0.717, 1.165) is 27.0 Å². The van der Waals surface area contributed by atoms with Crippen LogP contribution in [0.15, 0.2) is 52.1 Å². The maximum Gasteiger partial charge on any atom is 0.247 e. The summed E-state index contributed by atoms with van der Waals surface area (Å²) in [6.45, 7) is 0. The number of halogens is 1. The van der Waals surface area contributed by atoms with Crippen LogP contribution in [0.1, 0.15) is 11.8 Å². The molecule has 8 heteroatoms. The molecule has 0 aliphatic carbocycles. The van der Waals surface area contributed by atoms with Crippen LogP contribution in [0.4, 0.5) is 5.69 Å². The third-order valence-corrected chi connectivity index (χ3v) is 5.02. The lowest BCUT2D eigenvalue weighted by Crippen LogP contribution is -2.18. The Hall–Kier alpha value is -2.32. The van der Waals surface area contributed by atoms with Gasteiger partial charge in [-0.2, -0.15) is 4.98 Å². The van der Waals surface area contributed by atoms with Gasteiger partial charge in [0.25, 0.3) is 0 Å². The minimum absolute atomic E-state index is 0.439. The summed E-state index contributed by atoms with van der Waals surface area (Å²) in [5, 5.41) is 12.5. The lowest BCUT2D eigenvalue weighted by Gasteiger charge is -2.21. The lowest BCUT2D eigenvalue weighted by atomic mass is 10.1. The first-order valence-corrected chi connectivity index (χ1v) is 9.86. The van der Waals surface area contributed by atoms with Gasteiger partial charge in [0.15, 0.2) is 5.69 Å². The predicted molar refractivity (Wildman–Crippen MR) is 105 cm³/mol. The molecule has 0 radical (unpaired) electrons. The quantitative estimate of drug-likeness (QED) is 0.611. The van der Waals surface area contributed by atoms with Gasteiger partial charge in [-0.05, 0) is 30.5 Å². The molecule has 0 amide bonds. The van der Waals surface area contributed by atoms with Gasteiger partial charge in [-0.15, -0.1) is 10.2 Å². The summed E-state index contributed by atoms with van der Waals surface area (Å²) in [4.78, 5) is 4.52. The summed E-state index contributed by atoms with van der Waals surface area (Å²) >= 11 is 4.94. The molecule has 3 aromatic rings. The van der Waals surface area contributed by atoms with E-state index < -0.39 is 6.23 Å². The second kappa shape index (κ2) is 7.13. The Morgan fingerprint density at radius 2 is 2.04 bits per heavy atom. The van der Waals surface area contributed by atoms with E-state index in [-0.39, 0.29) is 0 Å². The number of anilines is 1. The van der Waals surface area contributed by atoms with Crippen molar-refractivity contribution in [1.82, 2.24) is 15.2 Å². The molecule has 1 unspecified atom stereocenters. The lowest BCUT2D eigenvalue weighted by molar-refractivity contribution is 0.219. The van der Waals surface area contributed by atoms with Gasteiger partial charge in [0.1, 0.15) is 5.75 Å². The summed E-state index contributed by atoms with van der Waals surface area (Å²) < 4.78 is 12.7. The molecule has 0 spiro atoms. The van der Waals surface area contributed by atoms with E-state index in [4.69, 9.17) is 9.47 Å². The van der Waals surface area contributed by atoms with Crippen LogP contribution in [0.3, 0.4) is 0 Å². The molecular formula is C18H15BrN4O2S. The third-order valence-electron chi connectivity index (χ3n) is 3.99. The van der Waals surface area contributed by atoms with Gasteiger partial charge in [0, 0.05) is 15.7 Å². The molecule has 2 heterocycles. The first-order valence-electron chi connectivity index (χ1n) is 7.84. The second-order valence-electron chi connectivity index (χ2n) is 5.53. The molecule has 6 nitrogen and oxygen atoms in total. The fraction of sp³-hybridized carbons (Fsp3) is 0.167. The van der Waals surface area contributed by atoms with Crippen molar-refractivity contribution >= 4 is 33.4 Å². The monoisotopic (exact) mass is 430 g/mol. The number of fused-ring (bicyclic) bond motifs is 3. The summed E-state index contributed by atoms with van der Waals surface area (Å²) in [7, 11) is 1.64. The van der Waals surface area contributed by atoms with Crippen molar-refractivity contribution in [2.45, 2.75) is 11.4 Å². The zero-order valence-corrected chi connectivity index (χ0v) is 16.5.